The number of hydrogen-bond acceptors (Lipinski definition) is 3. The average molecular weight is 251 g/mol. The van der Waals surface area contributed by atoms with E-state index in [0.717, 1.165) is 0 Å². The number of anilines is 1. The predicted octanol–water partition coefficient (Wildman–Crippen LogP) is 1.83. The molecule has 0 bridgehead atoms. The van der Waals surface area contributed by atoms with Gasteiger partial charge in [-0.05, 0) is 24.6 Å². The topological polar surface area (TPSA) is 66.8 Å². The Hall–Kier alpha value is -1.88. The van der Waals surface area contributed by atoms with Crippen LogP contribution in [0.15, 0.2) is 24.3 Å². The highest BCUT2D eigenvalue weighted by molar-refractivity contribution is 5.90. The van der Waals surface area contributed by atoms with Crippen molar-refractivity contribution >= 4 is 17.6 Å². The lowest BCUT2D eigenvalue weighted by Gasteiger charge is -2.17. The summed E-state index contributed by atoms with van der Waals surface area (Å²) in [6.07, 6.45) is -0.966. The molecule has 98 valence electrons. The first-order valence-corrected chi connectivity index (χ1v) is 5.66. The smallest absolute Gasteiger partial charge is 0.337 e. The van der Waals surface area contributed by atoms with Gasteiger partial charge in [-0.25, -0.2) is 4.79 Å². The van der Waals surface area contributed by atoms with Gasteiger partial charge >= 0.3 is 5.97 Å². The second-order valence-corrected chi connectivity index (χ2v) is 3.84. The van der Waals surface area contributed by atoms with Crippen molar-refractivity contribution in [2.75, 3.05) is 18.6 Å². The standard InChI is InChI=1S/C13H17NO4/c1-4-18-12(13(16)17)10-5-7-11(8-6-10)14(3)9(2)15/h5-8,12H,4H2,1-3H3,(H,16,17). The third-order valence-electron chi connectivity index (χ3n) is 2.61. The number of aliphatic carboxylic acids is 1. The Labute approximate surface area is 106 Å². The van der Waals surface area contributed by atoms with E-state index in [2.05, 4.69) is 0 Å². The van der Waals surface area contributed by atoms with Crippen LogP contribution in [0.1, 0.15) is 25.5 Å². The number of amides is 1. The third kappa shape index (κ3) is 3.30. The van der Waals surface area contributed by atoms with E-state index in [1.165, 1.54) is 11.8 Å². The molecule has 5 heteroatoms. The Morgan fingerprint density at radius 3 is 2.28 bits per heavy atom. The van der Waals surface area contributed by atoms with Crippen LogP contribution >= 0.6 is 0 Å². The summed E-state index contributed by atoms with van der Waals surface area (Å²) < 4.78 is 5.16. The molecule has 1 atom stereocenters. The number of ether oxygens (including phenoxy) is 1. The number of hydrogen-bond donors (Lipinski definition) is 1. The van der Waals surface area contributed by atoms with E-state index in [9.17, 15) is 9.59 Å². The van der Waals surface area contributed by atoms with E-state index < -0.39 is 12.1 Å². The minimum absolute atomic E-state index is 0.0812. The molecule has 0 aliphatic heterocycles. The highest BCUT2D eigenvalue weighted by atomic mass is 16.5. The number of carboxylic acids is 1. The van der Waals surface area contributed by atoms with Crippen molar-refractivity contribution in [1.82, 2.24) is 0 Å². The summed E-state index contributed by atoms with van der Waals surface area (Å²) in [4.78, 5) is 23.7. The predicted molar refractivity (Wildman–Crippen MR) is 67.5 cm³/mol. The van der Waals surface area contributed by atoms with Crippen molar-refractivity contribution in [3.8, 4) is 0 Å². The molecule has 0 saturated carbocycles. The molecule has 1 unspecified atom stereocenters. The molecule has 18 heavy (non-hydrogen) atoms. The monoisotopic (exact) mass is 251 g/mol. The first-order valence-electron chi connectivity index (χ1n) is 5.66. The molecule has 1 rings (SSSR count). The molecule has 0 aliphatic carbocycles. The average Bonchev–Trinajstić information content (AvgIpc) is 2.35. The van der Waals surface area contributed by atoms with Crippen molar-refractivity contribution in [2.24, 2.45) is 0 Å². The zero-order valence-corrected chi connectivity index (χ0v) is 10.7. The second-order valence-electron chi connectivity index (χ2n) is 3.84. The summed E-state index contributed by atoms with van der Waals surface area (Å²) in [6.45, 7) is 3.54. The summed E-state index contributed by atoms with van der Waals surface area (Å²) in [5.41, 5.74) is 1.27. The van der Waals surface area contributed by atoms with E-state index in [0.29, 0.717) is 17.9 Å². The summed E-state index contributed by atoms with van der Waals surface area (Å²) in [6, 6.07) is 6.71. The molecular formula is C13H17NO4. The van der Waals surface area contributed by atoms with Crippen molar-refractivity contribution in [2.45, 2.75) is 20.0 Å². The minimum Gasteiger partial charge on any atom is -0.479 e. The molecule has 0 radical (unpaired) electrons. The Bertz CT molecular complexity index is 427. The van der Waals surface area contributed by atoms with E-state index in [4.69, 9.17) is 9.84 Å². The van der Waals surface area contributed by atoms with Crippen LogP contribution in [-0.4, -0.2) is 30.6 Å². The molecule has 1 aromatic rings. The number of carbonyl (C=O) groups is 2. The van der Waals surface area contributed by atoms with Gasteiger partial charge in [-0.1, -0.05) is 12.1 Å². The van der Waals surface area contributed by atoms with E-state index in [-0.39, 0.29) is 5.91 Å². The molecular weight excluding hydrogens is 234 g/mol. The van der Waals surface area contributed by atoms with Crippen LogP contribution in [0.5, 0.6) is 0 Å². The van der Waals surface area contributed by atoms with Gasteiger partial charge in [0, 0.05) is 26.3 Å². The van der Waals surface area contributed by atoms with Crippen LogP contribution in [-0.2, 0) is 14.3 Å². The van der Waals surface area contributed by atoms with Gasteiger partial charge in [0.15, 0.2) is 6.10 Å². The van der Waals surface area contributed by atoms with Gasteiger partial charge in [-0.3, -0.25) is 4.79 Å². The van der Waals surface area contributed by atoms with Gasteiger partial charge in [0.25, 0.3) is 0 Å². The van der Waals surface area contributed by atoms with E-state index >= 15 is 0 Å². The number of benzene rings is 1. The maximum absolute atomic E-state index is 11.2. The highest BCUT2D eigenvalue weighted by Gasteiger charge is 2.19. The zero-order chi connectivity index (χ0) is 13.7. The van der Waals surface area contributed by atoms with Crippen molar-refractivity contribution < 1.29 is 19.4 Å². The van der Waals surface area contributed by atoms with Crippen LogP contribution in [0.2, 0.25) is 0 Å². The Morgan fingerprint density at radius 2 is 1.89 bits per heavy atom. The van der Waals surface area contributed by atoms with Crippen LogP contribution in [0.3, 0.4) is 0 Å². The molecule has 0 heterocycles. The van der Waals surface area contributed by atoms with Crippen LogP contribution < -0.4 is 4.90 Å². The Balaban J connectivity index is 2.93. The maximum Gasteiger partial charge on any atom is 0.337 e. The van der Waals surface area contributed by atoms with Crippen LogP contribution in [0.4, 0.5) is 5.69 Å². The largest absolute Gasteiger partial charge is 0.479 e. The van der Waals surface area contributed by atoms with Crippen molar-refractivity contribution in [3.05, 3.63) is 29.8 Å². The normalized spacial score (nSPS) is 11.9. The first-order chi connectivity index (χ1) is 8.47. The second kappa shape index (κ2) is 6.16. The van der Waals surface area contributed by atoms with E-state index in [1.807, 2.05) is 0 Å². The number of rotatable bonds is 5. The van der Waals surface area contributed by atoms with Gasteiger partial charge in [0.2, 0.25) is 5.91 Å². The number of nitrogens with zero attached hydrogens (tertiary/aromatic N) is 1. The molecule has 1 amide bonds. The van der Waals surface area contributed by atoms with Gasteiger partial charge in [-0.15, -0.1) is 0 Å². The SMILES string of the molecule is CCOC(C(=O)O)c1ccc(N(C)C(C)=O)cc1. The molecule has 1 N–H and O–H groups in total. The zero-order valence-electron chi connectivity index (χ0n) is 10.7. The van der Waals surface area contributed by atoms with E-state index in [1.54, 1.807) is 38.2 Å². The lowest BCUT2D eigenvalue weighted by Crippen LogP contribution is -2.23. The number of carboxylic acid groups (broad SMARTS) is 1. The fourth-order valence-corrected chi connectivity index (χ4v) is 1.53. The summed E-state index contributed by atoms with van der Waals surface area (Å²) >= 11 is 0. The molecule has 0 fully saturated rings. The molecule has 5 nitrogen and oxygen atoms in total. The highest BCUT2D eigenvalue weighted by Crippen LogP contribution is 2.21. The third-order valence-corrected chi connectivity index (χ3v) is 2.61. The molecule has 0 saturated heterocycles. The number of carbonyl (C=O) groups excluding carboxylic acids is 1. The molecule has 0 aliphatic rings. The Morgan fingerprint density at radius 1 is 1.33 bits per heavy atom. The quantitative estimate of drug-likeness (QED) is 0.867. The van der Waals surface area contributed by atoms with Crippen molar-refractivity contribution in [3.63, 3.8) is 0 Å². The van der Waals surface area contributed by atoms with Gasteiger partial charge in [0.1, 0.15) is 0 Å². The van der Waals surface area contributed by atoms with Crippen LogP contribution in [0, 0.1) is 0 Å². The maximum atomic E-state index is 11.2. The first kappa shape index (κ1) is 14.2. The van der Waals surface area contributed by atoms with Crippen LogP contribution in [0.25, 0.3) is 0 Å². The summed E-state index contributed by atoms with van der Waals surface area (Å²) in [7, 11) is 1.66. The van der Waals surface area contributed by atoms with Crippen molar-refractivity contribution in [1.29, 1.82) is 0 Å². The minimum atomic E-state index is -1.02. The molecule has 0 aromatic heterocycles. The Kier molecular flexibility index (Phi) is 4.85. The lowest BCUT2D eigenvalue weighted by molar-refractivity contribution is -0.150. The van der Waals surface area contributed by atoms with Gasteiger partial charge in [-0.2, -0.15) is 0 Å². The summed E-state index contributed by atoms with van der Waals surface area (Å²) in [5, 5.41) is 9.03. The summed E-state index contributed by atoms with van der Waals surface area (Å²) in [5.74, 6) is -1.10. The van der Waals surface area contributed by atoms with Gasteiger partial charge in [0.05, 0.1) is 0 Å². The lowest BCUT2D eigenvalue weighted by atomic mass is 10.1. The molecule has 1 aromatic carbocycles. The fraction of sp³-hybridized carbons (Fsp3) is 0.385. The molecule has 0 spiro atoms. The van der Waals surface area contributed by atoms with Gasteiger partial charge < -0.3 is 14.7 Å². The fourth-order valence-electron chi connectivity index (χ4n) is 1.53.